The maximum Gasteiger partial charge on any atom is 0.225 e. The summed E-state index contributed by atoms with van der Waals surface area (Å²) in [6.45, 7) is 7.16. The van der Waals surface area contributed by atoms with Gasteiger partial charge >= 0.3 is 0 Å². The largest absolute Gasteiger partial charge is 0.494 e. The van der Waals surface area contributed by atoms with E-state index in [4.69, 9.17) is 16.3 Å². The molecule has 0 aliphatic heterocycles. The third kappa shape index (κ3) is 5.38. The molecule has 0 radical (unpaired) electrons. The quantitative estimate of drug-likeness (QED) is 0.349. The number of allylic oxidation sites excluding steroid dienone is 1. The van der Waals surface area contributed by atoms with Crippen LogP contribution in [0.1, 0.15) is 6.42 Å². The highest BCUT2D eigenvalue weighted by atomic mass is 35.5. The Kier molecular flexibility index (Phi) is 4.67. The third-order valence-electron chi connectivity index (χ3n) is 0.814. The lowest BCUT2D eigenvalue weighted by atomic mass is 10.5. The first kappa shape index (κ1) is 9.24. The van der Waals surface area contributed by atoms with Crippen LogP contribution < -0.4 is 0 Å². The SMILES string of the molecule is C=CC(=C)OCCC(=O)Cl. The van der Waals surface area contributed by atoms with Gasteiger partial charge in [0.05, 0.1) is 13.0 Å². The van der Waals surface area contributed by atoms with Crippen molar-refractivity contribution in [1.82, 2.24) is 0 Å². The Labute approximate surface area is 65.1 Å². The predicted molar refractivity (Wildman–Crippen MR) is 40.8 cm³/mol. The number of hydrogen-bond donors (Lipinski definition) is 0. The average molecular weight is 161 g/mol. The molecule has 56 valence electrons. The molecule has 0 saturated heterocycles. The van der Waals surface area contributed by atoms with Crippen LogP contribution in [0.2, 0.25) is 0 Å². The average Bonchev–Trinajstić information content (AvgIpc) is 1.87. The van der Waals surface area contributed by atoms with Crippen molar-refractivity contribution in [1.29, 1.82) is 0 Å². The zero-order chi connectivity index (χ0) is 7.98. The van der Waals surface area contributed by atoms with Gasteiger partial charge in [0.2, 0.25) is 5.24 Å². The summed E-state index contributed by atoms with van der Waals surface area (Å²) in [6.07, 6.45) is 1.67. The molecule has 0 saturated carbocycles. The molecule has 0 aromatic heterocycles. The van der Waals surface area contributed by atoms with Crippen LogP contribution >= 0.6 is 11.6 Å². The van der Waals surface area contributed by atoms with Crippen LogP contribution in [0.15, 0.2) is 25.0 Å². The first-order valence-electron chi connectivity index (χ1n) is 2.79. The Morgan fingerprint density at radius 3 is 2.70 bits per heavy atom. The second-order valence-corrected chi connectivity index (χ2v) is 2.05. The molecule has 0 atom stereocenters. The van der Waals surface area contributed by atoms with Crippen LogP contribution in [0.4, 0.5) is 0 Å². The van der Waals surface area contributed by atoms with E-state index in [1.807, 2.05) is 0 Å². The van der Waals surface area contributed by atoms with E-state index in [1.165, 1.54) is 6.08 Å². The van der Waals surface area contributed by atoms with Crippen molar-refractivity contribution in [3.63, 3.8) is 0 Å². The smallest absolute Gasteiger partial charge is 0.225 e. The van der Waals surface area contributed by atoms with Gasteiger partial charge in [0.1, 0.15) is 5.76 Å². The third-order valence-corrected chi connectivity index (χ3v) is 1.00. The van der Waals surface area contributed by atoms with Crippen LogP contribution in [0.5, 0.6) is 0 Å². The Bertz CT molecular complexity index is 152. The van der Waals surface area contributed by atoms with Crippen molar-refractivity contribution < 1.29 is 9.53 Å². The molecule has 0 aliphatic carbocycles. The monoisotopic (exact) mass is 160 g/mol. The van der Waals surface area contributed by atoms with Crippen molar-refractivity contribution in [2.75, 3.05) is 6.61 Å². The minimum atomic E-state index is -0.406. The molecule has 10 heavy (non-hydrogen) atoms. The number of rotatable bonds is 5. The molecule has 2 nitrogen and oxygen atoms in total. The molecule has 0 spiro atoms. The van der Waals surface area contributed by atoms with Crippen molar-refractivity contribution in [3.8, 4) is 0 Å². The predicted octanol–water partition coefficient (Wildman–Crippen LogP) is 1.86. The standard InChI is InChI=1S/C7H9ClO2/c1-3-6(2)10-5-4-7(8)9/h3H,1-2,4-5H2. The summed E-state index contributed by atoms with van der Waals surface area (Å²) in [6, 6.07) is 0. The number of hydrogen-bond acceptors (Lipinski definition) is 2. The Morgan fingerprint density at radius 2 is 2.30 bits per heavy atom. The molecular weight excluding hydrogens is 152 g/mol. The van der Waals surface area contributed by atoms with E-state index in [0.29, 0.717) is 5.76 Å². The topological polar surface area (TPSA) is 26.3 Å². The van der Waals surface area contributed by atoms with Gasteiger partial charge in [-0.15, -0.1) is 0 Å². The lowest BCUT2D eigenvalue weighted by Crippen LogP contribution is -1.96. The summed E-state index contributed by atoms with van der Waals surface area (Å²) in [5, 5.41) is -0.406. The summed E-state index contributed by atoms with van der Waals surface area (Å²) in [5.74, 6) is 0.456. The van der Waals surface area contributed by atoms with Crippen molar-refractivity contribution in [2.24, 2.45) is 0 Å². The first-order valence-corrected chi connectivity index (χ1v) is 3.17. The number of carbonyl (C=O) groups is 1. The molecule has 0 N–H and O–H groups in total. The van der Waals surface area contributed by atoms with Gasteiger partial charge in [-0.3, -0.25) is 4.79 Å². The summed E-state index contributed by atoms with van der Waals surface area (Å²) in [5.41, 5.74) is 0. The number of ether oxygens (including phenoxy) is 1. The highest BCUT2D eigenvalue weighted by Crippen LogP contribution is 1.96. The van der Waals surface area contributed by atoms with Crippen molar-refractivity contribution >= 4 is 16.8 Å². The van der Waals surface area contributed by atoms with Crippen LogP contribution in [-0.4, -0.2) is 11.8 Å². The maximum absolute atomic E-state index is 10.1. The molecule has 0 rings (SSSR count). The summed E-state index contributed by atoms with van der Waals surface area (Å²) < 4.78 is 4.88. The zero-order valence-electron chi connectivity index (χ0n) is 5.60. The van der Waals surface area contributed by atoms with E-state index >= 15 is 0 Å². The minimum absolute atomic E-state index is 0.203. The molecule has 0 aliphatic rings. The Balaban J connectivity index is 3.28. The van der Waals surface area contributed by atoms with Crippen LogP contribution in [0.25, 0.3) is 0 Å². The van der Waals surface area contributed by atoms with Gasteiger partial charge in [-0.1, -0.05) is 13.2 Å². The summed E-state index contributed by atoms with van der Waals surface area (Å²) in [7, 11) is 0. The van der Waals surface area contributed by atoms with E-state index in [1.54, 1.807) is 0 Å². The normalized spacial score (nSPS) is 8.50. The second-order valence-electron chi connectivity index (χ2n) is 1.62. The van der Waals surface area contributed by atoms with Gasteiger partial charge in [-0.25, -0.2) is 0 Å². The Morgan fingerprint density at radius 1 is 1.70 bits per heavy atom. The van der Waals surface area contributed by atoms with Gasteiger partial charge in [0.15, 0.2) is 0 Å². The van der Waals surface area contributed by atoms with E-state index < -0.39 is 5.24 Å². The van der Waals surface area contributed by atoms with Gasteiger partial charge in [0.25, 0.3) is 0 Å². The molecule has 0 aromatic carbocycles. The molecule has 0 unspecified atom stereocenters. The molecule has 0 fully saturated rings. The zero-order valence-corrected chi connectivity index (χ0v) is 6.36. The fourth-order valence-electron chi connectivity index (χ4n) is 0.321. The summed E-state index contributed by atoms with van der Waals surface area (Å²) in [4.78, 5) is 10.1. The minimum Gasteiger partial charge on any atom is -0.494 e. The molecule has 0 heterocycles. The maximum atomic E-state index is 10.1. The molecule has 3 heteroatoms. The molecule has 0 amide bonds. The molecule has 0 bridgehead atoms. The lowest BCUT2D eigenvalue weighted by Gasteiger charge is -2.01. The highest BCUT2D eigenvalue weighted by Gasteiger charge is 1.95. The van der Waals surface area contributed by atoms with E-state index in [-0.39, 0.29) is 13.0 Å². The van der Waals surface area contributed by atoms with Crippen LogP contribution in [0, 0.1) is 0 Å². The van der Waals surface area contributed by atoms with Crippen molar-refractivity contribution in [3.05, 3.63) is 25.0 Å². The molecular formula is C7H9ClO2. The highest BCUT2D eigenvalue weighted by molar-refractivity contribution is 6.63. The number of carbonyl (C=O) groups excluding carboxylic acids is 1. The van der Waals surface area contributed by atoms with Gasteiger partial charge in [-0.05, 0) is 17.7 Å². The summed E-state index contributed by atoms with van der Waals surface area (Å²) >= 11 is 5.03. The second kappa shape index (κ2) is 5.06. The fraction of sp³-hybridized carbons (Fsp3) is 0.286. The number of halogens is 1. The lowest BCUT2D eigenvalue weighted by molar-refractivity contribution is -0.112. The van der Waals surface area contributed by atoms with E-state index in [0.717, 1.165) is 0 Å². The van der Waals surface area contributed by atoms with Crippen molar-refractivity contribution in [2.45, 2.75) is 6.42 Å². The Hall–Kier alpha value is -0.760. The van der Waals surface area contributed by atoms with Gasteiger partial charge in [-0.2, -0.15) is 0 Å². The molecule has 0 aromatic rings. The van der Waals surface area contributed by atoms with Crippen LogP contribution in [0.3, 0.4) is 0 Å². The van der Waals surface area contributed by atoms with Crippen LogP contribution in [-0.2, 0) is 9.53 Å². The fourth-order valence-corrected chi connectivity index (χ4v) is 0.398. The van der Waals surface area contributed by atoms with E-state index in [2.05, 4.69) is 13.2 Å². The van der Waals surface area contributed by atoms with Gasteiger partial charge in [0, 0.05) is 0 Å². The van der Waals surface area contributed by atoms with Gasteiger partial charge < -0.3 is 4.74 Å². The first-order chi connectivity index (χ1) is 4.66. The van der Waals surface area contributed by atoms with E-state index in [9.17, 15) is 4.79 Å².